The average molecular weight is 446 g/mol. The van der Waals surface area contributed by atoms with Gasteiger partial charge in [0.2, 0.25) is 0 Å². The van der Waals surface area contributed by atoms with Crippen LogP contribution in [0.15, 0.2) is 53.4 Å². The fourth-order valence-corrected chi connectivity index (χ4v) is 2.55. The van der Waals surface area contributed by atoms with E-state index in [2.05, 4.69) is 42.4 Å². The zero-order chi connectivity index (χ0) is 15.7. The van der Waals surface area contributed by atoms with E-state index in [1.807, 2.05) is 0 Å². The molecule has 0 bridgehead atoms. The molecule has 1 aromatic carbocycles. The van der Waals surface area contributed by atoms with Gasteiger partial charge in [-0.2, -0.15) is 5.10 Å². The molecule has 1 N–H and O–H groups in total. The van der Waals surface area contributed by atoms with Gasteiger partial charge in [0.25, 0.3) is 0 Å². The summed E-state index contributed by atoms with van der Waals surface area (Å²) in [6.45, 7) is 0. The Morgan fingerprint density at radius 3 is 2.77 bits per heavy atom. The van der Waals surface area contributed by atoms with Crippen molar-refractivity contribution in [2.75, 3.05) is 0 Å². The second-order valence-corrected chi connectivity index (χ2v) is 6.27. The number of halogens is 3. The first kappa shape index (κ1) is 15.3. The Morgan fingerprint density at radius 1 is 1.23 bits per heavy atom. The second-order valence-electron chi connectivity index (χ2n) is 4.26. The quantitative estimate of drug-likeness (QED) is 0.456. The molecular weight excluding hydrogens is 439 g/mol. The Bertz CT molecular complexity index is 866. The van der Waals surface area contributed by atoms with Crippen LogP contribution >= 0.6 is 43.5 Å². The minimum absolute atomic E-state index is 0.149. The molecule has 0 unspecified atom stereocenters. The normalized spacial score (nSPS) is 11.4. The van der Waals surface area contributed by atoms with E-state index in [1.165, 1.54) is 6.21 Å². The number of furan rings is 2. The summed E-state index contributed by atoms with van der Waals surface area (Å²) < 4.78 is 12.0. The number of carbonyl (C=O) groups is 1. The van der Waals surface area contributed by atoms with E-state index in [0.717, 1.165) is 9.86 Å². The van der Waals surface area contributed by atoms with Crippen molar-refractivity contribution in [2.45, 2.75) is 0 Å². The van der Waals surface area contributed by atoms with Gasteiger partial charge in [0.05, 0.1) is 10.7 Å². The van der Waals surface area contributed by atoms with E-state index in [0.29, 0.717) is 21.0 Å². The lowest BCUT2D eigenvalue weighted by Gasteiger charge is -1.93. The van der Waals surface area contributed by atoms with Crippen LogP contribution in [-0.4, -0.2) is 12.1 Å². The van der Waals surface area contributed by atoms with Gasteiger partial charge < -0.3 is 8.83 Å². The van der Waals surface area contributed by atoms with Gasteiger partial charge in [-0.05, 0) is 56.1 Å². The van der Waals surface area contributed by atoms with E-state index >= 15 is 0 Å². The molecule has 0 aliphatic heterocycles. The monoisotopic (exact) mass is 444 g/mol. The molecule has 3 aromatic rings. The molecule has 0 fully saturated rings. The second kappa shape index (κ2) is 6.28. The minimum Gasteiger partial charge on any atom is -0.451 e. The van der Waals surface area contributed by atoms with Crippen molar-refractivity contribution in [3.05, 3.63) is 56.0 Å². The molecule has 0 saturated carbocycles. The highest BCUT2D eigenvalue weighted by Crippen LogP contribution is 2.26. The first-order valence-electron chi connectivity index (χ1n) is 6.00. The van der Waals surface area contributed by atoms with Crippen molar-refractivity contribution in [2.24, 2.45) is 5.10 Å². The van der Waals surface area contributed by atoms with Crippen LogP contribution in [-0.2, 0) is 0 Å². The summed E-state index contributed by atoms with van der Waals surface area (Å²) in [6.07, 6.45) is 1.38. The topological polar surface area (TPSA) is 67.7 Å². The molecule has 5 nitrogen and oxygen atoms in total. The lowest BCUT2D eigenvalue weighted by Crippen LogP contribution is -2.16. The fraction of sp³-hybridized carbons (Fsp3) is 0. The molecule has 22 heavy (non-hydrogen) atoms. The first-order chi connectivity index (χ1) is 10.5. The highest BCUT2D eigenvalue weighted by atomic mass is 79.9. The molecule has 2 aromatic heterocycles. The Balaban J connectivity index is 1.72. The summed E-state index contributed by atoms with van der Waals surface area (Å²) in [7, 11) is 0. The lowest BCUT2D eigenvalue weighted by atomic mass is 10.2. The highest BCUT2D eigenvalue weighted by molar-refractivity contribution is 9.13. The van der Waals surface area contributed by atoms with Crippen molar-refractivity contribution in [1.82, 2.24) is 5.43 Å². The predicted octanol–water partition coefficient (Wildman–Crippen LogP) is 4.97. The molecule has 0 aliphatic carbocycles. The molecular formula is C14H7Br2ClN2O3. The van der Waals surface area contributed by atoms with E-state index < -0.39 is 5.91 Å². The number of fused-ring (bicyclic) bond motifs is 1. The summed E-state index contributed by atoms with van der Waals surface area (Å²) in [5.74, 6) is 0.167. The number of rotatable bonds is 3. The Kier molecular flexibility index (Phi) is 4.37. The summed E-state index contributed by atoms with van der Waals surface area (Å²) >= 11 is 12.4. The van der Waals surface area contributed by atoms with Crippen LogP contribution in [0, 0.1) is 0 Å². The largest absolute Gasteiger partial charge is 0.451 e. The van der Waals surface area contributed by atoms with E-state index in [4.69, 9.17) is 20.4 Å². The molecule has 2 heterocycles. The van der Waals surface area contributed by atoms with Crippen LogP contribution in [0.5, 0.6) is 0 Å². The SMILES string of the molecule is O=C(N/N=C\c1cc(Br)c(Br)o1)c1cc2cc(Cl)ccc2o1. The van der Waals surface area contributed by atoms with Crippen LogP contribution in [0.4, 0.5) is 0 Å². The molecule has 0 radical (unpaired) electrons. The van der Waals surface area contributed by atoms with Crippen LogP contribution in [0.25, 0.3) is 11.0 Å². The molecule has 0 aliphatic rings. The van der Waals surface area contributed by atoms with Gasteiger partial charge >= 0.3 is 5.91 Å². The average Bonchev–Trinajstić information content (AvgIpc) is 3.02. The summed E-state index contributed by atoms with van der Waals surface area (Å²) in [5.41, 5.74) is 2.95. The third kappa shape index (κ3) is 3.26. The molecule has 3 rings (SSSR count). The smallest absolute Gasteiger partial charge is 0.307 e. The van der Waals surface area contributed by atoms with Crippen molar-refractivity contribution in [1.29, 1.82) is 0 Å². The maximum atomic E-state index is 12.0. The van der Waals surface area contributed by atoms with Crippen molar-refractivity contribution in [3.8, 4) is 0 Å². The summed E-state index contributed by atoms with van der Waals surface area (Å²) in [4.78, 5) is 12.0. The molecule has 0 spiro atoms. The predicted molar refractivity (Wildman–Crippen MR) is 90.4 cm³/mol. The molecule has 0 saturated heterocycles. The van der Waals surface area contributed by atoms with Gasteiger partial charge in [-0.25, -0.2) is 5.43 Å². The summed E-state index contributed by atoms with van der Waals surface area (Å²) in [5, 5.41) is 5.14. The molecule has 0 atom stereocenters. The zero-order valence-electron chi connectivity index (χ0n) is 10.8. The van der Waals surface area contributed by atoms with Crippen molar-refractivity contribution < 1.29 is 13.6 Å². The number of nitrogens with one attached hydrogen (secondary N) is 1. The minimum atomic E-state index is -0.465. The molecule has 8 heteroatoms. The fourth-order valence-electron chi connectivity index (χ4n) is 1.76. The standard InChI is InChI=1S/C14H7Br2ClN2O3/c15-10-5-9(21-13(10)16)6-18-19-14(20)12-4-7-3-8(17)1-2-11(7)22-12/h1-6H,(H,19,20)/b18-6-. The van der Waals surface area contributed by atoms with Gasteiger partial charge in [-0.15, -0.1) is 0 Å². The summed E-state index contributed by atoms with van der Waals surface area (Å²) in [6, 6.07) is 8.43. The maximum Gasteiger partial charge on any atom is 0.307 e. The molecule has 1 amide bonds. The van der Waals surface area contributed by atoms with Crippen LogP contribution in [0.2, 0.25) is 5.02 Å². The van der Waals surface area contributed by atoms with Gasteiger partial charge in [-0.3, -0.25) is 4.79 Å². The van der Waals surface area contributed by atoms with Crippen LogP contribution in [0.1, 0.15) is 16.3 Å². The number of carbonyl (C=O) groups excluding carboxylic acids is 1. The van der Waals surface area contributed by atoms with E-state index in [9.17, 15) is 4.79 Å². The Morgan fingerprint density at radius 2 is 2.05 bits per heavy atom. The number of benzene rings is 1. The van der Waals surface area contributed by atoms with Gasteiger partial charge in [0.1, 0.15) is 11.3 Å². The van der Waals surface area contributed by atoms with E-state index in [1.54, 1.807) is 30.3 Å². The number of hydrazone groups is 1. The van der Waals surface area contributed by atoms with Gasteiger partial charge in [0, 0.05) is 16.5 Å². The first-order valence-corrected chi connectivity index (χ1v) is 7.96. The number of amides is 1. The van der Waals surface area contributed by atoms with Crippen molar-refractivity contribution >= 4 is 66.6 Å². The van der Waals surface area contributed by atoms with Crippen LogP contribution in [0.3, 0.4) is 0 Å². The third-order valence-corrected chi connectivity index (χ3v) is 4.67. The lowest BCUT2D eigenvalue weighted by molar-refractivity contribution is 0.0929. The number of hydrogen-bond acceptors (Lipinski definition) is 4. The molecule has 112 valence electrons. The zero-order valence-corrected chi connectivity index (χ0v) is 14.7. The Labute approximate surface area is 146 Å². The van der Waals surface area contributed by atoms with Gasteiger partial charge in [0.15, 0.2) is 10.4 Å². The van der Waals surface area contributed by atoms with E-state index in [-0.39, 0.29) is 5.76 Å². The highest BCUT2D eigenvalue weighted by Gasteiger charge is 2.12. The number of nitrogens with zero attached hydrogens (tertiary/aromatic N) is 1. The van der Waals surface area contributed by atoms with Gasteiger partial charge in [-0.1, -0.05) is 11.6 Å². The number of hydrogen-bond donors (Lipinski definition) is 1. The Hall–Kier alpha value is -1.57. The van der Waals surface area contributed by atoms with Crippen molar-refractivity contribution in [3.63, 3.8) is 0 Å². The third-order valence-electron chi connectivity index (χ3n) is 2.72. The maximum absolute atomic E-state index is 12.0. The van der Waals surface area contributed by atoms with Crippen LogP contribution < -0.4 is 5.43 Å².